The van der Waals surface area contributed by atoms with Crippen molar-refractivity contribution in [3.63, 3.8) is 0 Å². The molecule has 1 unspecified atom stereocenters. The fourth-order valence-electron chi connectivity index (χ4n) is 4.18. The number of carbonyl (C=O) groups is 1. The average Bonchev–Trinajstić information content (AvgIpc) is 3.20. The number of nitrogens with zero attached hydrogens (tertiary/aromatic N) is 3. The van der Waals surface area contributed by atoms with E-state index in [9.17, 15) is 4.79 Å². The van der Waals surface area contributed by atoms with Crippen LogP contribution in [0.5, 0.6) is 0 Å². The minimum Gasteiger partial charge on any atom is -0.336 e. The molecule has 2 amide bonds. The second kappa shape index (κ2) is 9.38. The summed E-state index contributed by atoms with van der Waals surface area (Å²) in [5.41, 5.74) is 1.31. The number of rotatable bonds is 6. The van der Waals surface area contributed by atoms with E-state index in [0.717, 1.165) is 32.4 Å². The zero-order chi connectivity index (χ0) is 18.4. The molecule has 1 N–H and O–H groups in total. The van der Waals surface area contributed by atoms with Gasteiger partial charge in [-0.2, -0.15) is 0 Å². The maximum atomic E-state index is 12.6. The van der Waals surface area contributed by atoms with Crippen LogP contribution in [0.15, 0.2) is 30.3 Å². The second-order valence-electron chi connectivity index (χ2n) is 7.95. The second-order valence-corrected chi connectivity index (χ2v) is 7.95. The molecule has 0 spiro atoms. The zero-order valence-corrected chi connectivity index (χ0v) is 16.4. The van der Waals surface area contributed by atoms with Gasteiger partial charge in [-0.1, -0.05) is 30.3 Å². The molecule has 2 saturated heterocycles. The molecule has 144 valence electrons. The van der Waals surface area contributed by atoms with Crippen LogP contribution < -0.4 is 5.32 Å². The summed E-state index contributed by atoms with van der Waals surface area (Å²) in [6, 6.07) is 11.6. The SMILES string of the molecule is CN(C)C(CNC(=O)N1CCC(N2CCCC2)CC1)Cc1ccccc1. The van der Waals surface area contributed by atoms with Crippen LogP contribution >= 0.6 is 0 Å². The molecule has 5 heteroatoms. The van der Waals surface area contributed by atoms with Crippen molar-refractivity contribution in [1.29, 1.82) is 0 Å². The molecule has 1 aromatic rings. The van der Waals surface area contributed by atoms with Crippen molar-refractivity contribution < 1.29 is 4.79 Å². The van der Waals surface area contributed by atoms with Gasteiger partial charge in [-0.25, -0.2) is 4.79 Å². The zero-order valence-electron chi connectivity index (χ0n) is 16.4. The number of nitrogens with one attached hydrogen (secondary N) is 1. The quantitative estimate of drug-likeness (QED) is 0.849. The lowest BCUT2D eigenvalue weighted by molar-refractivity contribution is 0.132. The summed E-state index contributed by atoms with van der Waals surface area (Å²) >= 11 is 0. The summed E-state index contributed by atoms with van der Waals surface area (Å²) in [5, 5.41) is 3.17. The Balaban J connectivity index is 1.43. The molecule has 5 nitrogen and oxygen atoms in total. The van der Waals surface area contributed by atoms with Gasteiger partial charge in [0.25, 0.3) is 0 Å². The van der Waals surface area contributed by atoms with Crippen molar-refractivity contribution in [2.24, 2.45) is 0 Å². The Bertz CT molecular complexity index is 548. The Labute approximate surface area is 158 Å². The standard InChI is InChI=1S/C21H34N4O/c1-23(2)20(16-18-8-4-3-5-9-18)17-22-21(26)25-14-10-19(11-15-25)24-12-6-7-13-24/h3-5,8-9,19-20H,6-7,10-17H2,1-2H3,(H,22,26). The first-order valence-electron chi connectivity index (χ1n) is 10.1. The predicted octanol–water partition coefficient (Wildman–Crippen LogP) is 2.43. The maximum absolute atomic E-state index is 12.6. The average molecular weight is 359 g/mol. The van der Waals surface area contributed by atoms with Gasteiger partial charge in [0.15, 0.2) is 0 Å². The summed E-state index contributed by atoms with van der Waals surface area (Å²) in [4.78, 5) is 19.4. The van der Waals surface area contributed by atoms with Gasteiger partial charge in [0.1, 0.15) is 0 Å². The fraction of sp³-hybridized carbons (Fsp3) is 0.667. The summed E-state index contributed by atoms with van der Waals surface area (Å²) in [6.07, 6.45) is 5.87. The molecular formula is C21H34N4O. The van der Waals surface area contributed by atoms with Crippen LogP contribution in [0, 0.1) is 0 Å². The summed E-state index contributed by atoms with van der Waals surface area (Å²) < 4.78 is 0. The molecular weight excluding hydrogens is 324 g/mol. The third-order valence-corrected chi connectivity index (χ3v) is 5.94. The van der Waals surface area contributed by atoms with E-state index >= 15 is 0 Å². The Morgan fingerprint density at radius 3 is 2.38 bits per heavy atom. The summed E-state index contributed by atoms with van der Waals surface area (Å²) in [6.45, 7) is 4.96. The van der Waals surface area contributed by atoms with Gasteiger partial charge in [0.05, 0.1) is 0 Å². The van der Waals surface area contributed by atoms with Crippen LogP contribution in [0.4, 0.5) is 4.79 Å². The van der Waals surface area contributed by atoms with Crippen LogP contribution in [0.25, 0.3) is 0 Å². The third-order valence-electron chi connectivity index (χ3n) is 5.94. The highest BCUT2D eigenvalue weighted by Gasteiger charge is 2.28. The number of piperidine rings is 1. The lowest BCUT2D eigenvalue weighted by atomic mass is 10.0. The molecule has 1 atom stereocenters. The Morgan fingerprint density at radius 2 is 1.77 bits per heavy atom. The van der Waals surface area contributed by atoms with Crippen molar-refractivity contribution in [2.45, 2.75) is 44.2 Å². The lowest BCUT2D eigenvalue weighted by Gasteiger charge is -2.37. The van der Waals surface area contributed by atoms with Crippen LogP contribution in [0.1, 0.15) is 31.2 Å². The highest BCUT2D eigenvalue weighted by molar-refractivity contribution is 5.74. The third kappa shape index (κ3) is 5.21. The number of amides is 2. The van der Waals surface area contributed by atoms with Crippen molar-refractivity contribution in [1.82, 2.24) is 20.0 Å². The monoisotopic (exact) mass is 358 g/mol. The van der Waals surface area contributed by atoms with Gasteiger partial charge in [0.2, 0.25) is 0 Å². The van der Waals surface area contributed by atoms with E-state index < -0.39 is 0 Å². The first-order valence-corrected chi connectivity index (χ1v) is 10.1. The number of carbonyl (C=O) groups excluding carboxylic acids is 1. The predicted molar refractivity (Wildman–Crippen MR) is 106 cm³/mol. The fourth-order valence-corrected chi connectivity index (χ4v) is 4.18. The van der Waals surface area contributed by atoms with E-state index in [-0.39, 0.29) is 6.03 Å². The van der Waals surface area contributed by atoms with Crippen LogP contribution in [-0.2, 0) is 6.42 Å². The number of urea groups is 1. The molecule has 3 rings (SSSR count). The number of likely N-dealkylation sites (N-methyl/N-ethyl adjacent to an activating group) is 1. The number of likely N-dealkylation sites (tertiary alicyclic amines) is 2. The maximum Gasteiger partial charge on any atom is 0.317 e. The molecule has 2 aliphatic heterocycles. The van der Waals surface area contributed by atoms with Gasteiger partial charge >= 0.3 is 6.03 Å². The normalized spacial score (nSPS) is 20.5. The molecule has 0 aromatic heterocycles. The van der Waals surface area contributed by atoms with Gasteiger partial charge in [-0.3, -0.25) is 0 Å². The highest BCUT2D eigenvalue weighted by Crippen LogP contribution is 2.21. The molecule has 0 bridgehead atoms. The van der Waals surface area contributed by atoms with Crippen LogP contribution in [-0.4, -0.2) is 79.6 Å². The van der Waals surface area contributed by atoms with Crippen LogP contribution in [0.3, 0.4) is 0 Å². The van der Waals surface area contributed by atoms with E-state index in [4.69, 9.17) is 0 Å². The van der Waals surface area contributed by atoms with Crippen molar-refractivity contribution in [3.8, 4) is 0 Å². The van der Waals surface area contributed by atoms with E-state index in [1.54, 1.807) is 0 Å². The highest BCUT2D eigenvalue weighted by atomic mass is 16.2. The summed E-state index contributed by atoms with van der Waals surface area (Å²) in [7, 11) is 4.17. The smallest absolute Gasteiger partial charge is 0.317 e. The Hall–Kier alpha value is -1.59. The van der Waals surface area contributed by atoms with Gasteiger partial charge in [-0.15, -0.1) is 0 Å². The molecule has 26 heavy (non-hydrogen) atoms. The van der Waals surface area contributed by atoms with Crippen LogP contribution in [0.2, 0.25) is 0 Å². The molecule has 2 fully saturated rings. The Kier molecular flexibility index (Phi) is 6.92. The number of hydrogen-bond donors (Lipinski definition) is 1. The van der Waals surface area contributed by atoms with E-state index in [2.05, 4.69) is 53.5 Å². The molecule has 1 aromatic carbocycles. The van der Waals surface area contributed by atoms with E-state index in [1.165, 1.54) is 31.5 Å². The van der Waals surface area contributed by atoms with Gasteiger partial charge in [-0.05, 0) is 64.9 Å². The van der Waals surface area contributed by atoms with Crippen molar-refractivity contribution >= 4 is 6.03 Å². The van der Waals surface area contributed by atoms with E-state index in [0.29, 0.717) is 18.6 Å². The minimum absolute atomic E-state index is 0.102. The Morgan fingerprint density at radius 1 is 1.12 bits per heavy atom. The molecule has 0 saturated carbocycles. The number of benzene rings is 1. The van der Waals surface area contributed by atoms with Gasteiger partial charge < -0.3 is 20.0 Å². The lowest BCUT2D eigenvalue weighted by Crippen LogP contribution is -2.51. The van der Waals surface area contributed by atoms with E-state index in [1.807, 2.05) is 11.0 Å². The topological polar surface area (TPSA) is 38.8 Å². The largest absolute Gasteiger partial charge is 0.336 e. The first kappa shape index (κ1) is 19.2. The van der Waals surface area contributed by atoms with Gasteiger partial charge in [0, 0.05) is 31.7 Å². The molecule has 2 aliphatic rings. The van der Waals surface area contributed by atoms with Crippen molar-refractivity contribution in [3.05, 3.63) is 35.9 Å². The molecule has 2 heterocycles. The molecule has 0 aliphatic carbocycles. The van der Waals surface area contributed by atoms with Crippen molar-refractivity contribution in [2.75, 3.05) is 46.8 Å². The first-order chi connectivity index (χ1) is 12.6. The summed E-state index contributed by atoms with van der Waals surface area (Å²) in [5.74, 6) is 0. The molecule has 0 radical (unpaired) electrons. The number of hydrogen-bond acceptors (Lipinski definition) is 3. The minimum atomic E-state index is 0.102.